The van der Waals surface area contributed by atoms with Gasteiger partial charge in [-0.1, -0.05) is 18.2 Å². The Bertz CT molecular complexity index is 1200. The van der Waals surface area contributed by atoms with Gasteiger partial charge >= 0.3 is 0 Å². The number of benzene rings is 1. The molecule has 0 aliphatic heterocycles. The van der Waals surface area contributed by atoms with Crippen LogP contribution >= 0.6 is 0 Å². The van der Waals surface area contributed by atoms with Crippen molar-refractivity contribution < 1.29 is 9.21 Å². The second kappa shape index (κ2) is 7.93. The van der Waals surface area contributed by atoms with Gasteiger partial charge in [0.05, 0.1) is 18.5 Å². The molecule has 0 saturated heterocycles. The number of aromatic nitrogens is 3. The lowest BCUT2D eigenvalue weighted by Crippen LogP contribution is -2.24. The van der Waals surface area contributed by atoms with Crippen LogP contribution in [0.3, 0.4) is 0 Å². The average molecular weight is 386 g/mol. The first-order valence-electron chi connectivity index (χ1n) is 9.01. The molecule has 0 aliphatic carbocycles. The second-order valence-corrected chi connectivity index (χ2v) is 6.43. The van der Waals surface area contributed by atoms with E-state index in [2.05, 4.69) is 15.3 Å². The molecule has 0 saturated carbocycles. The predicted octanol–water partition coefficient (Wildman–Crippen LogP) is 3.40. The van der Waals surface area contributed by atoms with E-state index in [0.29, 0.717) is 23.0 Å². The van der Waals surface area contributed by atoms with E-state index in [0.717, 1.165) is 11.1 Å². The van der Waals surface area contributed by atoms with E-state index >= 15 is 0 Å². The van der Waals surface area contributed by atoms with Gasteiger partial charge in [0.2, 0.25) is 5.95 Å². The summed E-state index contributed by atoms with van der Waals surface area (Å²) in [6, 6.07) is 15.9. The van der Waals surface area contributed by atoms with Crippen LogP contribution in [0.25, 0.3) is 22.6 Å². The number of nitrogens with zero attached hydrogens (tertiary/aromatic N) is 3. The van der Waals surface area contributed by atoms with Crippen molar-refractivity contribution in [3.63, 3.8) is 0 Å². The van der Waals surface area contributed by atoms with Crippen molar-refractivity contribution >= 4 is 11.7 Å². The summed E-state index contributed by atoms with van der Waals surface area (Å²) >= 11 is 0. The van der Waals surface area contributed by atoms with Crippen molar-refractivity contribution in [3.8, 4) is 22.6 Å². The average Bonchev–Trinajstić information content (AvgIpc) is 3.30. The number of ketones is 1. The molecule has 0 atom stereocenters. The lowest BCUT2D eigenvalue weighted by atomic mass is 10.1. The van der Waals surface area contributed by atoms with Gasteiger partial charge in [-0.3, -0.25) is 19.1 Å². The van der Waals surface area contributed by atoms with Gasteiger partial charge in [-0.15, -0.1) is 0 Å². The summed E-state index contributed by atoms with van der Waals surface area (Å²) in [6.45, 7) is 0.00167. The molecule has 144 valence electrons. The molecule has 4 rings (SSSR count). The molecule has 1 N–H and O–H groups in total. The van der Waals surface area contributed by atoms with Crippen LogP contribution in [-0.4, -0.2) is 26.9 Å². The van der Waals surface area contributed by atoms with Crippen LogP contribution in [-0.2, 0) is 7.05 Å². The van der Waals surface area contributed by atoms with Gasteiger partial charge in [-0.25, -0.2) is 4.98 Å². The van der Waals surface area contributed by atoms with Crippen LogP contribution in [0.5, 0.6) is 0 Å². The van der Waals surface area contributed by atoms with Crippen molar-refractivity contribution in [3.05, 3.63) is 89.2 Å². The van der Waals surface area contributed by atoms with E-state index in [4.69, 9.17) is 4.42 Å². The van der Waals surface area contributed by atoms with Gasteiger partial charge in [0.25, 0.3) is 5.56 Å². The van der Waals surface area contributed by atoms with Gasteiger partial charge in [0.1, 0.15) is 5.76 Å². The number of carbonyl (C=O) groups is 1. The van der Waals surface area contributed by atoms with Crippen molar-refractivity contribution in [2.24, 2.45) is 7.05 Å². The zero-order valence-electron chi connectivity index (χ0n) is 15.7. The third-order valence-corrected chi connectivity index (χ3v) is 4.51. The van der Waals surface area contributed by atoms with E-state index in [9.17, 15) is 9.59 Å². The molecule has 1 aromatic carbocycles. The van der Waals surface area contributed by atoms with Gasteiger partial charge < -0.3 is 9.73 Å². The molecule has 0 amide bonds. The van der Waals surface area contributed by atoms with E-state index in [1.54, 1.807) is 56.0 Å². The maximum Gasteiger partial charge on any atom is 0.255 e. The number of hydrogen-bond donors (Lipinski definition) is 1. The summed E-state index contributed by atoms with van der Waals surface area (Å²) in [7, 11) is 1.61. The van der Waals surface area contributed by atoms with E-state index < -0.39 is 0 Å². The fraction of sp³-hybridized carbons (Fsp3) is 0.0909. The Kier molecular flexibility index (Phi) is 5.03. The van der Waals surface area contributed by atoms with Crippen molar-refractivity contribution in [2.75, 3.05) is 11.9 Å². The van der Waals surface area contributed by atoms with Gasteiger partial charge in [0.15, 0.2) is 5.78 Å². The number of pyridine rings is 1. The van der Waals surface area contributed by atoms with Gasteiger partial charge in [0, 0.05) is 42.2 Å². The SMILES string of the molecule is Cn1c(NCC(=O)c2cccc(-c3ccco3)c2)nc(-c2ccncc2)cc1=O. The lowest BCUT2D eigenvalue weighted by Gasteiger charge is -2.11. The quantitative estimate of drug-likeness (QED) is 0.511. The maximum atomic E-state index is 12.7. The molecule has 3 heterocycles. The zero-order valence-corrected chi connectivity index (χ0v) is 15.7. The van der Waals surface area contributed by atoms with E-state index in [-0.39, 0.29) is 17.9 Å². The molecule has 0 bridgehead atoms. The topological polar surface area (TPSA) is 90.0 Å². The number of furan rings is 1. The monoisotopic (exact) mass is 386 g/mol. The standard InChI is InChI=1S/C22H18N4O3/c1-26-21(28)13-18(15-7-9-23-10-8-15)25-22(26)24-14-19(27)16-4-2-5-17(12-16)20-6-3-11-29-20/h2-13H,14H2,1H3,(H,24,25). The molecular weight excluding hydrogens is 368 g/mol. The Morgan fingerprint density at radius 3 is 2.66 bits per heavy atom. The highest BCUT2D eigenvalue weighted by molar-refractivity contribution is 5.99. The molecule has 3 aromatic heterocycles. The Balaban J connectivity index is 1.55. The summed E-state index contributed by atoms with van der Waals surface area (Å²) in [6.07, 6.45) is 4.86. The highest BCUT2D eigenvalue weighted by atomic mass is 16.3. The van der Waals surface area contributed by atoms with Crippen LogP contribution in [0.1, 0.15) is 10.4 Å². The fourth-order valence-electron chi connectivity index (χ4n) is 2.92. The normalized spacial score (nSPS) is 10.7. The maximum absolute atomic E-state index is 12.7. The summed E-state index contributed by atoms with van der Waals surface area (Å²) in [5, 5.41) is 2.98. The lowest BCUT2D eigenvalue weighted by molar-refractivity contribution is 0.101. The zero-order chi connectivity index (χ0) is 20.2. The third-order valence-electron chi connectivity index (χ3n) is 4.51. The minimum atomic E-state index is -0.221. The molecule has 7 heteroatoms. The van der Waals surface area contributed by atoms with Crippen LogP contribution in [0, 0.1) is 0 Å². The molecule has 0 spiro atoms. The van der Waals surface area contributed by atoms with Gasteiger partial charge in [-0.05, 0) is 30.3 Å². The van der Waals surface area contributed by atoms with Gasteiger partial charge in [-0.2, -0.15) is 0 Å². The third kappa shape index (κ3) is 3.98. The number of rotatable bonds is 6. The first kappa shape index (κ1) is 18.4. The van der Waals surface area contributed by atoms with Crippen LogP contribution in [0.2, 0.25) is 0 Å². The highest BCUT2D eigenvalue weighted by Crippen LogP contribution is 2.21. The molecule has 0 fully saturated rings. The Morgan fingerprint density at radius 2 is 1.90 bits per heavy atom. The summed E-state index contributed by atoms with van der Waals surface area (Å²) in [4.78, 5) is 33.4. The molecule has 0 unspecified atom stereocenters. The highest BCUT2D eigenvalue weighted by Gasteiger charge is 2.12. The fourth-order valence-corrected chi connectivity index (χ4v) is 2.92. The minimum Gasteiger partial charge on any atom is -0.464 e. The molecule has 7 nitrogen and oxygen atoms in total. The van der Waals surface area contributed by atoms with Crippen LogP contribution < -0.4 is 10.9 Å². The van der Waals surface area contributed by atoms with Crippen molar-refractivity contribution in [1.29, 1.82) is 0 Å². The Hall–Kier alpha value is -4.00. The van der Waals surface area contributed by atoms with Crippen molar-refractivity contribution in [2.45, 2.75) is 0 Å². The summed E-state index contributed by atoms with van der Waals surface area (Å²) < 4.78 is 6.76. The molecular formula is C22H18N4O3. The summed E-state index contributed by atoms with van der Waals surface area (Å²) in [5.74, 6) is 0.892. The molecule has 29 heavy (non-hydrogen) atoms. The number of anilines is 1. The number of nitrogens with one attached hydrogen (secondary N) is 1. The second-order valence-electron chi connectivity index (χ2n) is 6.43. The van der Waals surface area contributed by atoms with Crippen molar-refractivity contribution in [1.82, 2.24) is 14.5 Å². The smallest absolute Gasteiger partial charge is 0.255 e. The molecule has 0 radical (unpaired) electrons. The van der Waals surface area contributed by atoms with E-state index in [1.165, 1.54) is 10.6 Å². The largest absolute Gasteiger partial charge is 0.464 e. The Morgan fingerprint density at radius 1 is 1.07 bits per heavy atom. The number of hydrogen-bond acceptors (Lipinski definition) is 6. The minimum absolute atomic E-state index is 0.00167. The first-order valence-corrected chi connectivity index (χ1v) is 9.01. The summed E-state index contributed by atoms with van der Waals surface area (Å²) in [5.41, 5.74) is 2.44. The number of carbonyl (C=O) groups excluding carboxylic acids is 1. The predicted molar refractivity (Wildman–Crippen MR) is 110 cm³/mol. The Labute approximate surface area is 166 Å². The van der Waals surface area contributed by atoms with Crippen LogP contribution in [0.4, 0.5) is 5.95 Å². The first-order chi connectivity index (χ1) is 14.1. The molecule has 4 aromatic rings. The molecule has 0 aliphatic rings. The number of Topliss-reactive ketones (excluding diaryl/α,β-unsaturated/α-hetero) is 1. The van der Waals surface area contributed by atoms with Crippen LogP contribution in [0.15, 0.2) is 82.5 Å². The van der Waals surface area contributed by atoms with E-state index in [1.807, 2.05) is 18.2 Å².